The van der Waals surface area contributed by atoms with E-state index in [1.807, 2.05) is 30.3 Å². The minimum atomic E-state index is -0.934. The molecule has 6 rings (SSSR count). The number of amides is 1. The van der Waals surface area contributed by atoms with Crippen molar-refractivity contribution in [1.29, 1.82) is 0 Å². The van der Waals surface area contributed by atoms with Gasteiger partial charge in [-0.2, -0.15) is 4.98 Å². The summed E-state index contributed by atoms with van der Waals surface area (Å²) in [5.41, 5.74) is 10.9. The Kier molecular flexibility index (Phi) is 5.32. The standard InChI is InChI=1S/C25H24N6O5/c26-24-29-22-21(23(35)30-24)28-25(31(22)20-10-17(33)18(11-32)36-20)27-19(34)8-12-5-6-16-14(7-12)9-13-3-1-2-4-15(13)16/h1-7,17-18,20,32-33H,8-11H2,(H,27,28,34)(H3,26,29,30,35)/t17-,18+,20+/m0/s1. The molecule has 0 saturated carbocycles. The number of aromatic nitrogens is 4. The molecule has 0 radical (unpaired) electrons. The molecule has 3 atom stereocenters. The number of nitrogens with zero attached hydrogens (tertiary/aromatic N) is 3. The van der Waals surface area contributed by atoms with E-state index < -0.39 is 24.0 Å². The zero-order valence-electron chi connectivity index (χ0n) is 19.1. The van der Waals surface area contributed by atoms with Gasteiger partial charge >= 0.3 is 0 Å². The Hall–Kier alpha value is -4.06. The normalized spacial score (nSPS) is 20.4. The van der Waals surface area contributed by atoms with Crippen LogP contribution in [0.3, 0.4) is 0 Å². The molecule has 184 valence electrons. The number of imidazole rings is 1. The highest BCUT2D eigenvalue weighted by Crippen LogP contribution is 2.37. The number of carbonyl (C=O) groups is 1. The fourth-order valence-corrected chi connectivity index (χ4v) is 5.06. The first kappa shape index (κ1) is 22.4. The number of hydrogen-bond acceptors (Lipinski definition) is 8. The average molecular weight is 489 g/mol. The van der Waals surface area contributed by atoms with Crippen molar-refractivity contribution in [3.05, 3.63) is 69.5 Å². The van der Waals surface area contributed by atoms with Crippen LogP contribution in [0, 0.1) is 0 Å². The van der Waals surface area contributed by atoms with E-state index in [1.165, 1.54) is 26.8 Å². The molecule has 2 aromatic carbocycles. The van der Waals surface area contributed by atoms with E-state index in [0.29, 0.717) is 0 Å². The maximum absolute atomic E-state index is 13.1. The van der Waals surface area contributed by atoms with Gasteiger partial charge in [-0.3, -0.25) is 24.5 Å². The Balaban J connectivity index is 1.29. The predicted molar refractivity (Wildman–Crippen MR) is 131 cm³/mol. The summed E-state index contributed by atoms with van der Waals surface area (Å²) >= 11 is 0. The first-order chi connectivity index (χ1) is 17.4. The third kappa shape index (κ3) is 3.73. The minimum absolute atomic E-state index is 0.0275. The molecule has 11 nitrogen and oxygen atoms in total. The van der Waals surface area contributed by atoms with Crippen molar-refractivity contribution in [2.24, 2.45) is 0 Å². The number of rotatable bonds is 5. The Bertz CT molecular complexity index is 1560. The first-order valence-corrected chi connectivity index (χ1v) is 11.6. The van der Waals surface area contributed by atoms with Gasteiger partial charge in [0.1, 0.15) is 12.3 Å². The lowest BCUT2D eigenvalue weighted by molar-refractivity contribution is -0.115. The number of H-pyrrole nitrogens is 1. The second kappa shape index (κ2) is 8.55. The highest BCUT2D eigenvalue weighted by atomic mass is 16.5. The molecule has 0 unspecified atom stereocenters. The number of aliphatic hydroxyl groups is 2. The summed E-state index contributed by atoms with van der Waals surface area (Å²) in [6.07, 6.45) is -1.54. The van der Waals surface area contributed by atoms with E-state index in [-0.39, 0.29) is 48.4 Å². The van der Waals surface area contributed by atoms with Crippen LogP contribution in [-0.4, -0.2) is 54.5 Å². The van der Waals surface area contributed by atoms with Crippen molar-refractivity contribution >= 4 is 29.0 Å². The summed E-state index contributed by atoms with van der Waals surface area (Å²) in [6.45, 7) is -0.385. The summed E-state index contributed by atoms with van der Waals surface area (Å²) < 4.78 is 7.18. The van der Waals surface area contributed by atoms with Crippen LogP contribution in [0.25, 0.3) is 22.3 Å². The number of hydrogen-bond donors (Lipinski definition) is 5. The van der Waals surface area contributed by atoms with Gasteiger partial charge in [-0.1, -0.05) is 42.5 Å². The Labute approximate surface area is 204 Å². The van der Waals surface area contributed by atoms with Crippen LogP contribution in [-0.2, 0) is 22.4 Å². The second-order valence-electron chi connectivity index (χ2n) is 9.09. The second-order valence-corrected chi connectivity index (χ2v) is 9.09. The molecule has 2 aromatic heterocycles. The van der Waals surface area contributed by atoms with Crippen molar-refractivity contribution in [1.82, 2.24) is 19.5 Å². The SMILES string of the molecule is Nc1nc2c(nc(NC(=O)Cc3ccc4c(c3)Cc3ccccc3-4)n2[C@H]2C[C@H](O)[C@@H](CO)O2)c(=O)[nH]1. The van der Waals surface area contributed by atoms with Crippen LogP contribution >= 0.6 is 0 Å². The van der Waals surface area contributed by atoms with E-state index in [9.17, 15) is 19.8 Å². The van der Waals surface area contributed by atoms with Crippen LogP contribution < -0.4 is 16.6 Å². The quantitative estimate of drug-likeness (QED) is 0.245. The molecule has 36 heavy (non-hydrogen) atoms. The number of fused-ring (bicyclic) bond motifs is 4. The molecule has 11 heteroatoms. The number of benzene rings is 2. The van der Waals surface area contributed by atoms with Crippen molar-refractivity contribution in [3.8, 4) is 11.1 Å². The highest BCUT2D eigenvalue weighted by Gasteiger charge is 2.37. The van der Waals surface area contributed by atoms with Gasteiger partial charge in [-0.15, -0.1) is 0 Å². The van der Waals surface area contributed by atoms with Gasteiger partial charge in [0.05, 0.1) is 19.1 Å². The average Bonchev–Trinajstić information content (AvgIpc) is 3.51. The zero-order chi connectivity index (χ0) is 25.0. The molecular formula is C25H24N6O5. The number of ether oxygens (including phenoxy) is 1. The maximum Gasteiger partial charge on any atom is 0.280 e. The van der Waals surface area contributed by atoms with Gasteiger partial charge in [0.2, 0.25) is 17.8 Å². The number of nitrogens with one attached hydrogen (secondary N) is 2. The fourth-order valence-electron chi connectivity index (χ4n) is 5.06. The van der Waals surface area contributed by atoms with Crippen molar-refractivity contribution < 1.29 is 19.7 Å². The van der Waals surface area contributed by atoms with Gasteiger partial charge in [0.25, 0.3) is 5.56 Å². The van der Waals surface area contributed by atoms with Gasteiger partial charge < -0.3 is 20.7 Å². The molecule has 1 amide bonds. The number of aliphatic hydroxyl groups excluding tert-OH is 2. The molecule has 0 bridgehead atoms. The smallest absolute Gasteiger partial charge is 0.280 e. The topological polar surface area (TPSA) is 168 Å². The summed E-state index contributed by atoms with van der Waals surface area (Å²) in [5, 5.41) is 22.5. The van der Waals surface area contributed by atoms with Gasteiger partial charge in [0.15, 0.2) is 11.2 Å². The minimum Gasteiger partial charge on any atom is -0.394 e. The summed E-state index contributed by atoms with van der Waals surface area (Å²) in [4.78, 5) is 36.4. The summed E-state index contributed by atoms with van der Waals surface area (Å²) in [7, 11) is 0. The molecule has 2 aliphatic rings. The fraction of sp³-hybridized carbons (Fsp3) is 0.280. The lowest BCUT2D eigenvalue weighted by Gasteiger charge is -2.17. The van der Waals surface area contributed by atoms with Crippen molar-refractivity contribution in [2.75, 3.05) is 17.7 Å². The summed E-state index contributed by atoms with van der Waals surface area (Å²) in [6, 6.07) is 14.3. The number of anilines is 2. The van der Waals surface area contributed by atoms with Crippen molar-refractivity contribution in [2.45, 2.75) is 37.7 Å². The first-order valence-electron chi connectivity index (χ1n) is 11.6. The van der Waals surface area contributed by atoms with Gasteiger partial charge in [-0.05, 0) is 34.2 Å². The number of nitrogens with two attached hydrogens (primary N) is 1. The van der Waals surface area contributed by atoms with Crippen LogP contribution in [0.2, 0.25) is 0 Å². The third-order valence-electron chi connectivity index (χ3n) is 6.71. The molecule has 6 N–H and O–H groups in total. The van der Waals surface area contributed by atoms with Gasteiger partial charge in [0, 0.05) is 6.42 Å². The van der Waals surface area contributed by atoms with Crippen LogP contribution in [0.1, 0.15) is 29.3 Å². The van der Waals surface area contributed by atoms with E-state index in [2.05, 4.69) is 32.4 Å². The number of carbonyl (C=O) groups excluding carboxylic acids is 1. The van der Waals surface area contributed by atoms with Crippen LogP contribution in [0.15, 0.2) is 47.3 Å². The molecule has 1 aliphatic carbocycles. The lowest BCUT2D eigenvalue weighted by atomic mass is 10.0. The highest BCUT2D eigenvalue weighted by molar-refractivity contribution is 5.92. The third-order valence-corrected chi connectivity index (χ3v) is 6.71. The molecule has 4 aromatic rings. The molecule has 1 aliphatic heterocycles. The van der Waals surface area contributed by atoms with E-state index >= 15 is 0 Å². The van der Waals surface area contributed by atoms with Crippen molar-refractivity contribution in [3.63, 3.8) is 0 Å². The zero-order valence-corrected chi connectivity index (χ0v) is 19.1. The monoisotopic (exact) mass is 488 g/mol. The Morgan fingerprint density at radius 1 is 1.19 bits per heavy atom. The predicted octanol–water partition coefficient (Wildman–Crippen LogP) is 1.09. The number of nitrogen functional groups attached to an aromatic ring is 1. The lowest BCUT2D eigenvalue weighted by Crippen LogP contribution is -2.24. The number of aromatic amines is 1. The molecule has 0 spiro atoms. The largest absolute Gasteiger partial charge is 0.394 e. The molecule has 3 heterocycles. The maximum atomic E-state index is 13.1. The van der Waals surface area contributed by atoms with Crippen LogP contribution in [0.5, 0.6) is 0 Å². The van der Waals surface area contributed by atoms with E-state index in [1.54, 1.807) is 0 Å². The van der Waals surface area contributed by atoms with Gasteiger partial charge in [-0.25, -0.2) is 4.98 Å². The Morgan fingerprint density at radius 2 is 2.00 bits per heavy atom. The van der Waals surface area contributed by atoms with Crippen LogP contribution in [0.4, 0.5) is 11.9 Å². The molecule has 1 saturated heterocycles. The molecule has 1 fully saturated rings. The summed E-state index contributed by atoms with van der Waals surface area (Å²) in [5.74, 6) is -0.422. The molecular weight excluding hydrogens is 464 g/mol. The van der Waals surface area contributed by atoms with E-state index in [0.717, 1.165) is 12.0 Å². The van der Waals surface area contributed by atoms with E-state index in [4.69, 9.17) is 10.5 Å². The Morgan fingerprint density at radius 3 is 2.81 bits per heavy atom.